The average molecular weight is 338 g/mol. The van der Waals surface area contributed by atoms with E-state index in [4.69, 9.17) is 0 Å². The fraction of sp³-hybridized carbons (Fsp3) is 0.765. The number of rotatable bonds is 6. The number of piperidine rings is 1. The van der Waals surface area contributed by atoms with Crippen LogP contribution in [0.1, 0.15) is 50.2 Å². The smallest absolute Gasteiger partial charge is 0.191 e. The molecule has 1 aliphatic heterocycles. The standard InChI is InChI=1S/C17H31N5S/c1-5-22-8-6-7-14(11-22)9-19-17(18-4)20-10-16-21-15(12-23-16)13(2)3/h12-14H,5-11H2,1-4H3,(H2,18,19,20). The van der Waals surface area contributed by atoms with Crippen LogP contribution in [0.15, 0.2) is 10.4 Å². The molecule has 0 aromatic carbocycles. The summed E-state index contributed by atoms with van der Waals surface area (Å²) in [6, 6.07) is 0. The Labute approximate surface area is 144 Å². The quantitative estimate of drug-likeness (QED) is 0.619. The lowest BCUT2D eigenvalue weighted by atomic mass is 9.98. The minimum absolute atomic E-state index is 0.491. The second-order valence-electron chi connectivity index (χ2n) is 6.53. The van der Waals surface area contributed by atoms with Gasteiger partial charge in [0.05, 0.1) is 12.2 Å². The van der Waals surface area contributed by atoms with Gasteiger partial charge in [0.15, 0.2) is 5.96 Å². The van der Waals surface area contributed by atoms with Gasteiger partial charge in [-0.2, -0.15) is 0 Å². The van der Waals surface area contributed by atoms with E-state index in [0.29, 0.717) is 5.92 Å². The van der Waals surface area contributed by atoms with Gasteiger partial charge in [-0.25, -0.2) is 4.98 Å². The van der Waals surface area contributed by atoms with Crippen LogP contribution in [0.4, 0.5) is 0 Å². The number of aliphatic imine (C=N–C) groups is 1. The molecule has 1 aliphatic rings. The van der Waals surface area contributed by atoms with Gasteiger partial charge in [0.1, 0.15) is 5.01 Å². The van der Waals surface area contributed by atoms with Crippen molar-refractivity contribution in [2.45, 2.75) is 46.1 Å². The highest BCUT2D eigenvalue weighted by atomic mass is 32.1. The Balaban J connectivity index is 1.74. The highest BCUT2D eigenvalue weighted by Gasteiger charge is 2.18. The van der Waals surface area contributed by atoms with Gasteiger partial charge in [-0.05, 0) is 37.8 Å². The molecule has 0 spiro atoms. The Morgan fingerprint density at radius 3 is 2.96 bits per heavy atom. The summed E-state index contributed by atoms with van der Waals surface area (Å²) < 4.78 is 0. The van der Waals surface area contributed by atoms with Crippen LogP contribution in [-0.4, -0.2) is 49.1 Å². The van der Waals surface area contributed by atoms with Crippen LogP contribution in [0.3, 0.4) is 0 Å². The van der Waals surface area contributed by atoms with Crippen LogP contribution in [-0.2, 0) is 6.54 Å². The van der Waals surface area contributed by atoms with Crippen LogP contribution in [0.5, 0.6) is 0 Å². The molecule has 1 aromatic rings. The number of likely N-dealkylation sites (tertiary alicyclic amines) is 1. The van der Waals surface area contributed by atoms with Crippen molar-refractivity contribution >= 4 is 17.3 Å². The molecule has 1 saturated heterocycles. The maximum atomic E-state index is 4.65. The van der Waals surface area contributed by atoms with E-state index in [1.807, 2.05) is 7.05 Å². The lowest BCUT2D eigenvalue weighted by molar-refractivity contribution is 0.183. The molecule has 23 heavy (non-hydrogen) atoms. The van der Waals surface area contributed by atoms with E-state index in [1.165, 1.54) is 31.6 Å². The summed E-state index contributed by atoms with van der Waals surface area (Å²) in [5.74, 6) is 2.08. The summed E-state index contributed by atoms with van der Waals surface area (Å²) >= 11 is 1.72. The van der Waals surface area contributed by atoms with Crippen molar-refractivity contribution in [1.82, 2.24) is 20.5 Å². The summed E-state index contributed by atoms with van der Waals surface area (Å²) in [6.07, 6.45) is 2.62. The van der Waals surface area contributed by atoms with Crippen molar-refractivity contribution in [1.29, 1.82) is 0 Å². The Bertz CT molecular complexity index is 497. The van der Waals surface area contributed by atoms with E-state index >= 15 is 0 Å². The summed E-state index contributed by atoms with van der Waals surface area (Å²) in [5, 5.41) is 10.1. The molecule has 6 heteroatoms. The predicted molar refractivity (Wildman–Crippen MR) is 99.2 cm³/mol. The van der Waals surface area contributed by atoms with E-state index in [0.717, 1.165) is 36.5 Å². The Hall–Kier alpha value is -1.14. The van der Waals surface area contributed by atoms with E-state index in [-0.39, 0.29) is 0 Å². The molecular weight excluding hydrogens is 306 g/mol. The lowest BCUT2D eigenvalue weighted by Gasteiger charge is -2.32. The van der Waals surface area contributed by atoms with E-state index in [1.54, 1.807) is 11.3 Å². The number of thiazole rings is 1. The minimum atomic E-state index is 0.491. The van der Waals surface area contributed by atoms with Crippen molar-refractivity contribution in [2.24, 2.45) is 10.9 Å². The van der Waals surface area contributed by atoms with Crippen LogP contribution in [0.2, 0.25) is 0 Å². The summed E-state index contributed by atoms with van der Waals surface area (Å²) in [4.78, 5) is 11.5. The number of nitrogens with one attached hydrogen (secondary N) is 2. The molecule has 2 heterocycles. The van der Waals surface area contributed by atoms with Gasteiger partial charge < -0.3 is 15.5 Å². The fourth-order valence-corrected chi connectivity index (χ4v) is 3.79. The fourth-order valence-electron chi connectivity index (χ4n) is 2.90. The molecule has 0 radical (unpaired) electrons. The molecule has 1 aromatic heterocycles. The van der Waals surface area contributed by atoms with Crippen molar-refractivity contribution < 1.29 is 0 Å². The van der Waals surface area contributed by atoms with Crippen LogP contribution < -0.4 is 10.6 Å². The zero-order chi connectivity index (χ0) is 16.7. The minimum Gasteiger partial charge on any atom is -0.356 e. The summed E-state index contributed by atoms with van der Waals surface area (Å²) in [6.45, 7) is 11.9. The molecule has 2 rings (SSSR count). The zero-order valence-electron chi connectivity index (χ0n) is 14.9. The second-order valence-corrected chi connectivity index (χ2v) is 7.47. The molecule has 5 nitrogen and oxygen atoms in total. The number of hydrogen-bond acceptors (Lipinski definition) is 4. The first kappa shape index (κ1) is 18.2. The predicted octanol–water partition coefficient (Wildman–Crippen LogP) is 2.66. The topological polar surface area (TPSA) is 52.5 Å². The molecular formula is C17H31N5S. The van der Waals surface area contributed by atoms with Crippen LogP contribution in [0.25, 0.3) is 0 Å². The second kappa shape index (κ2) is 9.23. The van der Waals surface area contributed by atoms with Crippen molar-refractivity contribution in [3.05, 3.63) is 16.1 Å². The average Bonchev–Trinajstić information content (AvgIpc) is 3.04. The van der Waals surface area contributed by atoms with Crippen LogP contribution >= 0.6 is 11.3 Å². The number of hydrogen-bond donors (Lipinski definition) is 2. The molecule has 0 aliphatic carbocycles. The zero-order valence-corrected chi connectivity index (χ0v) is 15.7. The third kappa shape index (κ3) is 5.77. The highest BCUT2D eigenvalue weighted by Crippen LogP contribution is 2.17. The maximum absolute atomic E-state index is 4.65. The molecule has 130 valence electrons. The first-order valence-corrected chi connectivity index (χ1v) is 9.61. The van der Waals surface area contributed by atoms with E-state index in [2.05, 4.69) is 51.7 Å². The number of aromatic nitrogens is 1. The third-order valence-electron chi connectivity index (χ3n) is 4.40. The van der Waals surface area contributed by atoms with Crippen molar-refractivity contribution in [3.8, 4) is 0 Å². The monoisotopic (exact) mass is 337 g/mol. The number of nitrogens with zero attached hydrogens (tertiary/aromatic N) is 3. The Kier molecular flexibility index (Phi) is 7.30. The van der Waals surface area contributed by atoms with Crippen molar-refractivity contribution in [2.75, 3.05) is 33.2 Å². The molecule has 1 atom stereocenters. The first-order valence-electron chi connectivity index (χ1n) is 8.73. The molecule has 2 N–H and O–H groups in total. The van der Waals surface area contributed by atoms with Gasteiger partial charge in [0.2, 0.25) is 0 Å². The van der Waals surface area contributed by atoms with E-state index < -0.39 is 0 Å². The third-order valence-corrected chi connectivity index (χ3v) is 5.27. The van der Waals surface area contributed by atoms with Gasteiger partial charge in [-0.1, -0.05) is 20.8 Å². The largest absolute Gasteiger partial charge is 0.356 e. The lowest BCUT2D eigenvalue weighted by Crippen LogP contribution is -2.44. The summed E-state index contributed by atoms with van der Waals surface area (Å²) in [5.41, 5.74) is 1.18. The van der Waals surface area contributed by atoms with Gasteiger partial charge in [0.25, 0.3) is 0 Å². The molecule has 0 amide bonds. The molecule has 0 bridgehead atoms. The Morgan fingerprint density at radius 1 is 1.48 bits per heavy atom. The number of guanidine groups is 1. The van der Waals surface area contributed by atoms with Gasteiger partial charge >= 0.3 is 0 Å². The van der Waals surface area contributed by atoms with Gasteiger partial charge in [-0.3, -0.25) is 4.99 Å². The highest BCUT2D eigenvalue weighted by molar-refractivity contribution is 7.09. The molecule has 1 fully saturated rings. The SMILES string of the molecule is CCN1CCCC(CNC(=NC)NCc2nc(C(C)C)cs2)C1. The maximum Gasteiger partial charge on any atom is 0.191 e. The molecule has 1 unspecified atom stereocenters. The van der Waals surface area contributed by atoms with Crippen molar-refractivity contribution in [3.63, 3.8) is 0 Å². The normalized spacial score (nSPS) is 20.0. The first-order chi connectivity index (χ1) is 11.1. The van der Waals surface area contributed by atoms with E-state index in [9.17, 15) is 0 Å². The van der Waals surface area contributed by atoms with Crippen LogP contribution in [0, 0.1) is 5.92 Å². The Morgan fingerprint density at radius 2 is 2.30 bits per heavy atom. The van der Waals surface area contributed by atoms with Gasteiger partial charge in [0, 0.05) is 25.5 Å². The summed E-state index contributed by atoms with van der Waals surface area (Å²) in [7, 11) is 1.83. The van der Waals surface area contributed by atoms with Gasteiger partial charge in [-0.15, -0.1) is 11.3 Å². The molecule has 0 saturated carbocycles.